The van der Waals surface area contributed by atoms with Crippen LogP contribution in [0.15, 0.2) is 66.9 Å². The summed E-state index contributed by atoms with van der Waals surface area (Å²) in [4.78, 5) is 17.4. The van der Waals surface area contributed by atoms with Crippen LogP contribution in [0.25, 0.3) is 0 Å². The smallest absolute Gasteiger partial charge is 0.234 e. The summed E-state index contributed by atoms with van der Waals surface area (Å²) in [5, 5.41) is 3.20. The molecule has 0 radical (unpaired) electrons. The van der Waals surface area contributed by atoms with Gasteiger partial charge in [0.05, 0.1) is 12.6 Å². The van der Waals surface area contributed by atoms with Gasteiger partial charge in [-0.1, -0.05) is 36.4 Å². The van der Waals surface area contributed by atoms with Crippen molar-refractivity contribution in [3.8, 4) is 0 Å². The Morgan fingerprint density at radius 3 is 2.50 bits per heavy atom. The summed E-state index contributed by atoms with van der Waals surface area (Å²) in [6, 6.07) is 17.7. The lowest BCUT2D eigenvalue weighted by Crippen LogP contribution is -2.49. The van der Waals surface area contributed by atoms with Crippen molar-refractivity contribution in [1.82, 2.24) is 19.7 Å². The third-order valence-corrected chi connectivity index (χ3v) is 6.94. The predicted molar refractivity (Wildman–Crippen MR) is 127 cm³/mol. The van der Waals surface area contributed by atoms with Crippen molar-refractivity contribution >= 4 is 5.91 Å². The number of hydrogen-bond donors (Lipinski definition) is 1. The van der Waals surface area contributed by atoms with Crippen molar-refractivity contribution in [1.29, 1.82) is 0 Å². The maximum Gasteiger partial charge on any atom is 0.234 e. The molecule has 0 saturated carbocycles. The second-order valence-electron chi connectivity index (χ2n) is 9.27. The zero-order chi connectivity index (χ0) is 23.5. The zero-order valence-corrected chi connectivity index (χ0v) is 19.2. The predicted octanol–water partition coefficient (Wildman–Crippen LogP) is 3.95. The van der Waals surface area contributed by atoms with Gasteiger partial charge in [0.25, 0.3) is 0 Å². The minimum atomic E-state index is -0.602. The SMILES string of the molecule is O=C(CN1CCn2cccc2C1c1ccc(F)cc1F)NC1CCN(Cc2ccccc2)CC1. The van der Waals surface area contributed by atoms with E-state index in [2.05, 4.69) is 39.0 Å². The third kappa shape index (κ3) is 5.05. The third-order valence-electron chi connectivity index (χ3n) is 6.94. The molecule has 7 heteroatoms. The minimum Gasteiger partial charge on any atom is -0.352 e. The highest BCUT2D eigenvalue weighted by Gasteiger charge is 2.32. The number of fused-ring (bicyclic) bond motifs is 1. The van der Waals surface area contributed by atoms with Gasteiger partial charge in [-0.2, -0.15) is 0 Å². The molecular formula is C27H30F2N4O. The van der Waals surface area contributed by atoms with E-state index < -0.39 is 17.7 Å². The molecule has 1 fully saturated rings. The Balaban J connectivity index is 1.21. The number of amides is 1. The van der Waals surface area contributed by atoms with Crippen LogP contribution in [0.2, 0.25) is 0 Å². The number of nitrogens with one attached hydrogen (secondary N) is 1. The first-order valence-electron chi connectivity index (χ1n) is 12.0. The first-order chi connectivity index (χ1) is 16.6. The number of halogens is 2. The van der Waals surface area contributed by atoms with Gasteiger partial charge < -0.3 is 9.88 Å². The molecule has 2 aromatic carbocycles. The van der Waals surface area contributed by atoms with E-state index in [1.165, 1.54) is 17.7 Å². The highest BCUT2D eigenvalue weighted by atomic mass is 19.1. The zero-order valence-electron chi connectivity index (χ0n) is 19.2. The number of likely N-dealkylation sites (tertiary alicyclic amines) is 1. The molecule has 0 spiro atoms. The first kappa shape index (κ1) is 22.7. The summed E-state index contributed by atoms with van der Waals surface area (Å²) in [7, 11) is 0. The molecule has 1 atom stereocenters. The van der Waals surface area contributed by atoms with Gasteiger partial charge in [0.15, 0.2) is 0 Å². The van der Waals surface area contributed by atoms with Gasteiger partial charge in [0.1, 0.15) is 11.6 Å². The lowest BCUT2D eigenvalue weighted by Gasteiger charge is -2.37. The fourth-order valence-electron chi connectivity index (χ4n) is 5.22. The maximum absolute atomic E-state index is 14.7. The van der Waals surface area contributed by atoms with Crippen LogP contribution in [-0.4, -0.2) is 52.5 Å². The van der Waals surface area contributed by atoms with Crippen LogP contribution in [0.3, 0.4) is 0 Å². The van der Waals surface area contributed by atoms with Crippen LogP contribution in [0.5, 0.6) is 0 Å². The van der Waals surface area contributed by atoms with E-state index in [4.69, 9.17) is 0 Å². The molecule has 2 aliphatic rings. The van der Waals surface area contributed by atoms with Gasteiger partial charge in [-0.3, -0.25) is 14.6 Å². The number of rotatable bonds is 6. The molecule has 178 valence electrons. The number of carbonyl (C=O) groups excluding carboxylic acids is 1. The summed E-state index contributed by atoms with van der Waals surface area (Å²) in [6.45, 7) is 4.34. The lowest BCUT2D eigenvalue weighted by molar-refractivity contribution is -0.124. The van der Waals surface area contributed by atoms with E-state index in [1.807, 2.05) is 29.3 Å². The van der Waals surface area contributed by atoms with Crippen molar-refractivity contribution in [3.63, 3.8) is 0 Å². The van der Waals surface area contributed by atoms with Crippen LogP contribution in [-0.2, 0) is 17.9 Å². The summed E-state index contributed by atoms with van der Waals surface area (Å²) in [5.74, 6) is -1.24. The molecule has 1 aromatic heterocycles. The van der Waals surface area contributed by atoms with Gasteiger partial charge in [-0.15, -0.1) is 0 Å². The van der Waals surface area contributed by atoms with E-state index in [0.29, 0.717) is 12.1 Å². The molecule has 34 heavy (non-hydrogen) atoms. The van der Waals surface area contributed by atoms with Gasteiger partial charge in [0.2, 0.25) is 5.91 Å². The first-order valence-corrected chi connectivity index (χ1v) is 12.0. The minimum absolute atomic E-state index is 0.0472. The Kier molecular flexibility index (Phi) is 6.74. The van der Waals surface area contributed by atoms with Crippen LogP contribution in [0.1, 0.15) is 35.7 Å². The fraction of sp³-hybridized carbons (Fsp3) is 0.370. The number of piperidine rings is 1. The Morgan fingerprint density at radius 2 is 1.74 bits per heavy atom. The van der Waals surface area contributed by atoms with E-state index >= 15 is 0 Å². The van der Waals surface area contributed by atoms with Gasteiger partial charge in [-0.05, 0) is 36.6 Å². The number of carbonyl (C=O) groups is 1. The van der Waals surface area contributed by atoms with Crippen molar-refractivity contribution in [3.05, 3.63) is 95.3 Å². The Labute approximate surface area is 199 Å². The van der Waals surface area contributed by atoms with Crippen molar-refractivity contribution < 1.29 is 13.6 Å². The Morgan fingerprint density at radius 1 is 0.941 bits per heavy atom. The number of hydrogen-bond acceptors (Lipinski definition) is 3. The van der Waals surface area contributed by atoms with Crippen LogP contribution < -0.4 is 5.32 Å². The molecule has 0 bridgehead atoms. The monoisotopic (exact) mass is 464 g/mol. The Hall–Kier alpha value is -3.03. The second-order valence-corrected chi connectivity index (χ2v) is 9.27. The van der Waals surface area contributed by atoms with E-state index in [9.17, 15) is 13.6 Å². The fourth-order valence-corrected chi connectivity index (χ4v) is 5.22. The number of nitrogens with zero attached hydrogens (tertiary/aromatic N) is 3. The molecular weight excluding hydrogens is 434 g/mol. The van der Waals surface area contributed by atoms with Crippen molar-refractivity contribution in [2.24, 2.45) is 0 Å². The molecule has 5 nitrogen and oxygen atoms in total. The maximum atomic E-state index is 14.7. The molecule has 3 heterocycles. The number of aromatic nitrogens is 1. The van der Waals surface area contributed by atoms with Crippen molar-refractivity contribution in [2.75, 3.05) is 26.2 Å². The van der Waals surface area contributed by atoms with Crippen molar-refractivity contribution in [2.45, 2.75) is 38.0 Å². The second kappa shape index (κ2) is 10.1. The molecule has 2 aliphatic heterocycles. The van der Waals surface area contributed by atoms with Gasteiger partial charge in [0, 0.05) is 62.3 Å². The standard InChI is InChI=1S/C27H30F2N4O/c28-21-8-9-23(24(29)17-21)27-25-7-4-12-32(25)15-16-33(27)19-26(34)30-22-10-13-31(14-11-22)18-20-5-2-1-3-6-20/h1-9,12,17,22,27H,10-11,13-16,18-19H2,(H,30,34). The highest BCUT2D eigenvalue weighted by Crippen LogP contribution is 2.33. The lowest BCUT2D eigenvalue weighted by atomic mass is 9.99. The summed E-state index contributed by atoms with van der Waals surface area (Å²) in [6.07, 6.45) is 3.79. The largest absolute Gasteiger partial charge is 0.352 e. The molecule has 1 saturated heterocycles. The van der Waals surface area contributed by atoms with Gasteiger partial charge >= 0.3 is 0 Å². The van der Waals surface area contributed by atoms with E-state index in [1.54, 1.807) is 0 Å². The molecule has 5 rings (SSSR count). The van der Waals surface area contributed by atoms with E-state index in [0.717, 1.165) is 50.8 Å². The summed E-state index contributed by atoms with van der Waals surface area (Å²) >= 11 is 0. The molecule has 1 amide bonds. The topological polar surface area (TPSA) is 40.5 Å². The highest BCUT2D eigenvalue weighted by molar-refractivity contribution is 5.78. The normalized spacial score (nSPS) is 19.6. The molecule has 3 aromatic rings. The summed E-state index contributed by atoms with van der Waals surface area (Å²) in [5.41, 5.74) is 2.61. The quantitative estimate of drug-likeness (QED) is 0.601. The summed E-state index contributed by atoms with van der Waals surface area (Å²) < 4.78 is 30.3. The Bertz CT molecular complexity index is 1120. The van der Waals surface area contributed by atoms with Crippen LogP contribution in [0.4, 0.5) is 8.78 Å². The van der Waals surface area contributed by atoms with Crippen LogP contribution >= 0.6 is 0 Å². The van der Waals surface area contributed by atoms with E-state index in [-0.39, 0.29) is 18.5 Å². The average molecular weight is 465 g/mol. The van der Waals surface area contributed by atoms with Crippen LogP contribution in [0, 0.1) is 11.6 Å². The van der Waals surface area contributed by atoms with Gasteiger partial charge in [-0.25, -0.2) is 8.78 Å². The number of benzene rings is 2. The molecule has 1 unspecified atom stereocenters. The average Bonchev–Trinajstić information content (AvgIpc) is 3.31. The molecule has 1 N–H and O–H groups in total. The molecule has 0 aliphatic carbocycles.